The first kappa shape index (κ1) is 18.3. The van der Waals surface area contributed by atoms with Crippen molar-refractivity contribution in [3.8, 4) is 5.75 Å². The van der Waals surface area contributed by atoms with E-state index in [1.807, 2.05) is 20.8 Å². The largest absolute Gasteiger partial charge is 0.497 e. The maximum atomic E-state index is 12.6. The van der Waals surface area contributed by atoms with Crippen LogP contribution >= 0.6 is 0 Å². The topological polar surface area (TPSA) is 75.9 Å². The molecule has 1 fully saturated rings. The van der Waals surface area contributed by atoms with Crippen molar-refractivity contribution < 1.29 is 14.3 Å². The van der Waals surface area contributed by atoms with E-state index in [9.17, 15) is 9.59 Å². The summed E-state index contributed by atoms with van der Waals surface area (Å²) >= 11 is 0. The number of hydrogen-bond donors (Lipinski definition) is 1. The number of benzene rings is 1. The van der Waals surface area contributed by atoms with Crippen molar-refractivity contribution in [2.45, 2.75) is 26.8 Å². The van der Waals surface area contributed by atoms with Crippen molar-refractivity contribution in [1.82, 2.24) is 9.80 Å². The Morgan fingerprint density at radius 1 is 1.12 bits per heavy atom. The normalized spacial score (nSPS) is 16.7. The maximum absolute atomic E-state index is 12.6. The number of nitrogens with two attached hydrogens (primary N) is 1. The van der Waals surface area contributed by atoms with Crippen molar-refractivity contribution in [3.05, 3.63) is 29.8 Å². The average Bonchev–Trinajstić information content (AvgIpc) is 2.59. The molecule has 132 valence electrons. The van der Waals surface area contributed by atoms with Gasteiger partial charge in [0, 0.05) is 31.7 Å². The smallest absolute Gasteiger partial charge is 0.254 e. The lowest BCUT2D eigenvalue weighted by atomic mass is 9.86. The SMILES string of the molecule is COc1cccc(C(=O)N2CCN(C(=O)[C@@H](N)C(C)(C)C)CC2)c1. The van der Waals surface area contributed by atoms with E-state index in [0.29, 0.717) is 37.5 Å². The van der Waals surface area contributed by atoms with Gasteiger partial charge in [0.2, 0.25) is 5.91 Å². The van der Waals surface area contributed by atoms with E-state index in [-0.39, 0.29) is 17.2 Å². The van der Waals surface area contributed by atoms with Crippen molar-refractivity contribution in [1.29, 1.82) is 0 Å². The molecule has 1 aliphatic rings. The molecule has 1 heterocycles. The Kier molecular flexibility index (Phi) is 5.49. The van der Waals surface area contributed by atoms with E-state index < -0.39 is 6.04 Å². The van der Waals surface area contributed by atoms with Gasteiger partial charge in [-0.25, -0.2) is 0 Å². The lowest BCUT2D eigenvalue weighted by Gasteiger charge is -2.38. The van der Waals surface area contributed by atoms with E-state index in [1.165, 1.54) is 0 Å². The zero-order chi connectivity index (χ0) is 17.9. The summed E-state index contributed by atoms with van der Waals surface area (Å²) < 4.78 is 5.16. The van der Waals surface area contributed by atoms with E-state index >= 15 is 0 Å². The fourth-order valence-corrected chi connectivity index (χ4v) is 2.64. The van der Waals surface area contributed by atoms with Crippen molar-refractivity contribution in [2.24, 2.45) is 11.1 Å². The van der Waals surface area contributed by atoms with E-state index in [4.69, 9.17) is 10.5 Å². The van der Waals surface area contributed by atoms with Gasteiger partial charge in [0.05, 0.1) is 13.2 Å². The Labute approximate surface area is 143 Å². The van der Waals surface area contributed by atoms with Crippen molar-refractivity contribution in [2.75, 3.05) is 33.3 Å². The molecule has 0 saturated carbocycles. The van der Waals surface area contributed by atoms with Crippen LogP contribution in [0.25, 0.3) is 0 Å². The molecular weight excluding hydrogens is 306 g/mol. The van der Waals surface area contributed by atoms with Crippen LogP contribution in [0.15, 0.2) is 24.3 Å². The Hall–Kier alpha value is -2.08. The highest BCUT2D eigenvalue weighted by atomic mass is 16.5. The Morgan fingerprint density at radius 2 is 1.71 bits per heavy atom. The first-order valence-electron chi connectivity index (χ1n) is 8.21. The molecule has 2 amide bonds. The first-order chi connectivity index (χ1) is 11.2. The van der Waals surface area contributed by atoms with Crippen molar-refractivity contribution in [3.63, 3.8) is 0 Å². The van der Waals surface area contributed by atoms with E-state index in [0.717, 1.165) is 0 Å². The van der Waals surface area contributed by atoms with Gasteiger partial charge < -0.3 is 20.3 Å². The molecule has 2 rings (SSSR count). The standard InChI is InChI=1S/C18H27N3O3/c1-18(2,3)15(19)17(23)21-10-8-20(9-11-21)16(22)13-6-5-7-14(12-13)24-4/h5-7,12,15H,8-11,19H2,1-4H3/t15-/m1/s1. The minimum atomic E-state index is -0.530. The Balaban J connectivity index is 1.97. The second kappa shape index (κ2) is 7.21. The number of methoxy groups -OCH3 is 1. The third-order valence-corrected chi connectivity index (χ3v) is 4.39. The fourth-order valence-electron chi connectivity index (χ4n) is 2.64. The minimum absolute atomic E-state index is 0.0406. The lowest BCUT2D eigenvalue weighted by molar-refractivity contribution is -0.136. The molecule has 0 unspecified atom stereocenters. The van der Waals surface area contributed by atoms with Crippen LogP contribution in [0.5, 0.6) is 5.75 Å². The van der Waals surface area contributed by atoms with Gasteiger partial charge >= 0.3 is 0 Å². The number of rotatable bonds is 3. The molecule has 1 saturated heterocycles. The molecule has 24 heavy (non-hydrogen) atoms. The van der Waals surface area contributed by atoms with Crippen LogP contribution in [0, 0.1) is 5.41 Å². The van der Waals surface area contributed by atoms with Crippen LogP contribution in [0.3, 0.4) is 0 Å². The summed E-state index contributed by atoms with van der Waals surface area (Å²) in [4.78, 5) is 28.6. The van der Waals surface area contributed by atoms with Crippen LogP contribution in [0.1, 0.15) is 31.1 Å². The van der Waals surface area contributed by atoms with Gasteiger partial charge in [-0.2, -0.15) is 0 Å². The molecule has 0 spiro atoms. The van der Waals surface area contributed by atoms with Gasteiger partial charge in [0.15, 0.2) is 0 Å². The van der Waals surface area contributed by atoms with Gasteiger partial charge in [-0.3, -0.25) is 9.59 Å². The molecule has 0 aliphatic carbocycles. The average molecular weight is 333 g/mol. The van der Waals surface area contributed by atoms with E-state index in [1.54, 1.807) is 41.2 Å². The predicted molar refractivity (Wildman–Crippen MR) is 92.9 cm³/mol. The highest BCUT2D eigenvalue weighted by molar-refractivity contribution is 5.94. The molecule has 6 nitrogen and oxygen atoms in total. The number of nitrogens with zero attached hydrogens (tertiary/aromatic N) is 2. The zero-order valence-electron chi connectivity index (χ0n) is 14.9. The Morgan fingerprint density at radius 3 is 2.25 bits per heavy atom. The summed E-state index contributed by atoms with van der Waals surface area (Å²) in [6.45, 7) is 7.92. The van der Waals surface area contributed by atoms with Crippen LogP contribution < -0.4 is 10.5 Å². The summed E-state index contributed by atoms with van der Waals surface area (Å²) in [6, 6.07) is 6.58. The number of carbonyl (C=O) groups is 2. The third-order valence-electron chi connectivity index (χ3n) is 4.39. The second-order valence-corrected chi connectivity index (χ2v) is 7.19. The molecule has 2 N–H and O–H groups in total. The van der Waals surface area contributed by atoms with Crippen LogP contribution in [-0.2, 0) is 4.79 Å². The highest BCUT2D eigenvalue weighted by Crippen LogP contribution is 2.20. The number of ether oxygens (including phenoxy) is 1. The highest BCUT2D eigenvalue weighted by Gasteiger charge is 2.33. The molecular formula is C18H27N3O3. The molecule has 6 heteroatoms. The molecule has 1 aromatic rings. The Bertz CT molecular complexity index is 602. The summed E-state index contributed by atoms with van der Waals surface area (Å²) in [7, 11) is 1.58. The van der Waals surface area contributed by atoms with E-state index in [2.05, 4.69) is 0 Å². The number of hydrogen-bond acceptors (Lipinski definition) is 4. The molecule has 0 radical (unpaired) electrons. The number of amides is 2. The van der Waals surface area contributed by atoms with Gasteiger partial charge in [-0.15, -0.1) is 0 Å². The van der Waals surface area contributed by atoms with Gasteiger partial charge in [-0.1, -0.05) is 26.8 Å². The van der Waals surface area contributed by atoms with Crippen LogP contribution in [0.4, 0.5) is 0 Å². The minimum Gasteiger partial charge on any atom is -0.497 e. The number of carbonyl (C=O) groups excluding carboxylic acids is 2. The monoisotopic (exact) mass is 333 g/mol. The van der Waals surface area contributed by atoms with Gasteiger partial charge in [0.1, 0.15) is 5.75 Å². The third kappa shape index (κ3) is 4.06. The van der Waals surface area contributed by atoms with Gasteiger partial charge in [-0.05, 0) is 23.6 Å². The first-order valence-corrected chi connectivity index (χ1v) is 8.21. The molecule has 1 atom stereocenters. The summed E-state index contributed by atoms with van der Waals surface area (Å²) in [5.41, 5.74) is 6.38. The van der Waals surface area contributed by atoms with Crippen molar-refractivity contribution >= 4 is 11.8 Å². The molecule has 1 aliphatic heterocycles. The predicted octanol–water partition coefficient (Wildman–Crippen LogP) is 1.35. The summed E-state index contributed by atoms with van der Waals surface area (Å²) in [5, 5.41) is 0. The summed E-state index contributed by atoms with van der Waals surface area (Å²) in [6.07, 6.45) is 0. The molecule has 0 bridgehead atoms. The molecule has 0 aromatic heterocycles. The quantitative estimate of drug-likeness (QED) is 0.906. The van der Waals surface area contributed by atoms with Crippen LogP contribution in [0.2, 0.25) is 0 Å². The fraction of sp³-hybridized carbons (Fsp3) is 0.556. The van der Waals surface area contributed by atoms with Crippen LogP contribution in [-0.4, -0.2) is 60.9 Å². The number of piperazine rings is 1. The second-order valence-electron chi connectivity index (χ2n) is 7.19. The molecule has 1 aromatic carbocycles. The van der Waals surface area contributed by atoms with Gasteiger partial charge in [0.25, 0.3) is 5.91 Å². The summed E-state index contributed by atoms with van der Waals surface area (Å²) in [5.74, 6) is 0.572. The zero-order valence-corrected chi connectivity index (χ0v) is 14.9. The lowest BCUT2D eigenvalue weighted by Crippen LogP contribution is -2.56. The maximum Gasteiger partial charge on any atom is 0.254 e.